The third-order valence-electron chi connectivity index (χ3n) is 10.5. The van der Waals surface area contributed by atoms with Gasteiger partial charge in [0.15, 0.2) is 11.3 Å². The van der Waals surface area contributed by atoms with E-state index in [1.54, 1.807) is 22.2 Å². The molecule has 9 rings (SSSR count). The molecule has 0 spiro atoms. The van der Waals surface area contributed by atoms with Crippen LogP contribution < -0.4 is 9.47 Å². The number of aliphatic hydroxyl groups is 1. The monoisotopic (exact) mass is 814 g/mol. The van der Waals surface area contributed by atoms with Crippen LogP contribution in [-0.4, -0.2) is 96.6 Å². The zero-order valence-electron chi connectivity index (χ0n) is 31.7. The van der Waals surface area contributed by atoms with Crippen molar-refractivity contribution in [2.45, 2.75) is 38.7 Å². The van der Waals surface area contributed by atoms with Crippen molar-refractivity contribution < 1.29 is 14.6 Å². The van der Waals surface area contributed by atoms with Crippen LogP contribution in [0, 0.1) is 0 Å². The lowest BCUT2D eigenvalue weighted by molar-refractivity contribution is 0.199. The highest BCUT2D eigenvalue weighted by Crippen LogP contribution is 2.29. The van der Waals surface area contributed by atoms with Gasteiger partial charge in [0.2, 0.25) is 0 Å². The Bertz CT molecular complexity index is 2350. The Hall–Kier alpha value is -5.14. The van der Waals surface area contributed by atoms with E-state index in [-0.39, 0.29) is 0 Å². The third kappa shape index (κ3) is 9.11. The molecule has 1 N–H and O–H groups in total. The SMILES string of the molecule is Brc1cnn2cc(-c3ccc(OCCN4CCCC4)cc3)cnc12.C[C@H](O)c1cccc(-c2cnn3cc(-c4ccc(OCCN5CCCC5)cc4)cnc23)c1. The number of aromatic nitrogens is 6. The first kappa shape index (κ1) is 37.8. The minimum Gasteiger partial charge on any atom is -0.492 e. The van der Waals surface area contributed by atoms with Gasteiger partial charge in [0.05, 0.1) is 23.0 Å². The molecular weight excluding hydrogens is 768 g/mol. The summed E-state index contributed by atoms with van der Waals surface area (Å²) < 4.78 is 16.2. The maximum Gasteiger partial charge on any atom is 0.169 e. The fraction of sp³-hybridized carbons (Fsp3) is 0.318. The van der Waals surface area contributed by atoms with Crippen molar-refractivity contribution in [3.63, 3.8) is 0 Å². The van der Waals surface area contributed by atoms with E-state index in [0.29, 0.717) is 0 Å². The summed E-state index contributed by atoms with van der Waals surface area (Å²) in [6.45, 7) is 10.0. The largest absolute Gasteiger partial charge is 0.492 e. The average molecular weight is 816 g/mol. The van der Waals surface area contributed by atoms with Crippen LogP contribution in [0.5, 0.6) is 11.5 Å². The van der Waals surface area contributed by atoms with E-state index in [1.165, 1.54) is 51.9 Å². The Kier molecular flexibility index (Phi) is 12.0. The highest BCUT2D eigenvalue weighted by atomic mass is 79.9. The molecule has 2 fully saturated rings. The number of halogens is 1. The first-order valence-electron chi connectivity index (χ1n) is 19.5. The number of likely N-dealkylation sites (tertiary alicyclic amines) is 2. The Labute approximate surface area is 335 Å². The molecule has 3 aromatic carbocycles. The van der Waals surface area contributed by atoms with Crippen LogP contribution in [0.4, 0.5) is 0 Å². The van der Waals surface area contributed by atoms with E-state index in [0.717, 1.165) is 92.5 Å². The number of benzene rings is 3. The summed E-state index contributed by atoms with van der Waals surface area (Å²) in [4.78, 5) is 14.0. The number of nitrogens with zero attached hydrogens (tertiary/aromatic N) is 8. The predicted octanol–water partition coefficient (Wildman–Crippen LogP) is 8.22. The van der Waals surface area contributed by atoms with Gasteiger partial charge in [0.25, 0.3) is 0 Å². The van der Waals surface area contributed by atoms with Gasteiger partial charge < -0.3 is 14.6 Å². The average Bonchev–Trinajstić information content (AvgIpc) is 4.08. The molecule has 7 aromatic rings. The Balaban J connectivity index is 0.000000164. The van der Waals surface area contributed by atoms with Gasteiger partial charge in [-0.1, -0.05) is 42.5 Å². The van der Waals surface area contributed by atoms with Gasteiger partial charge in [-0.2, -0.15) is 10.2 Å². The molecule has 6 heterocycles. The molecular formula is C44H47BrN8O3. The summed E-state index contributed by atoms with van der Waals surface area (Å²) >= 11 is 3.44. The second kappa shape index (κ2) is 17.8. The van der Waals surface area contributed by atoms with Gasteiger partial charge >= 0.3 is 0 Å². The Morgan fingerprint density at radius 3 is 1.70 bits per heavy atom. The van der Waals surface area contributed by atoms with Gasteiger partial charge in [-0.25, -0.2) is 19.0 Å². The molecule has 11 nitrogen and oxygen atoms in total. The summed E-state index contributed by atoms with van der Waals surface area (Å²) in [5.41, 5.74) is 8.62. The molecule has 2 aliphatic heterocycles. The highest BCUT2D eigenvalue weighted by Gasteiger charge is 2.14. The van der Waals surface area contributed by atoms with E-state index in [9.17, 15) is 5.11 Å². The number of rotatable bonds is 12. The van der Waals surface area contributed by atoms with Crippen molar-refractivity contribution in [1.82, 2.24) is 39.0 Å². The van der Waals surface area contributed by atoms with Gasteiger partial charge in [-0.05, 0) is 127 Å². The van der Waals surface area contributed by atoms with Crippen molar-refractivity contribution in [2.75, 3.05) is 52.5 Å². The van der Waals surface area contributed by atoms with Gasteiger partial charge in [-0.3, -0.25) is 9.80 Å². The van der Waals surface area contributed by atoms with Crippen molar-refractivity contribution in [1.29, 1.82) is 0 Å². The fourth-order valence-corrected chi connectivity index (χ4v) is 7.65. The lowest BCUT2D eigenvalue weighted by Crippen LogP contribution is -2.25. The maximum absolute atomic E-state index is 9.89. The van der Waals surface area contributed by atoms with Crippen LogP contribution in [0.2, 0.25) is 0 Å². The van der Waals surface area contributed by atoms with E-state index < -0.39 is 6.10 Å². The van der Waals surface area contributed by atoms with E-state index in [1.807, 2.05) is 79.5 Å². The normalized spacial score (nSPS) is 15.3. The van der Waals surface area contributed by atoms with Crippen molar-refractivity contribution in [3.8, 4) is 44.9 Å². The van der Waals surface area contributed by atoms with Gasteiger partial charge in [-0.15, -0.1) is 0 Å². The summed E-state index contributed by atoms with van der Waals surface area (Å²) in [6.07, 6.45) is 16.0. The fourth-order valence-electron chi connectivity index (χ4n) is 7.27. The maximum atomic E-state index is 9.89. The number of ether oxygens (including phenoxy) is 2. The Morgan fingerprint density at radius 2 is 1.14 bits per heavy atom. The molecule has 4 aromatic heterocycles. The molecule has 0 bridgehead atoms. The zero-order chi connectivity index (χ0) is 38.3. The van der Waals surface area contributed by atoms with E-state index in [2.05, 4.69) is 70.2 Å². The second-order valence-electron chi connectivity index (χ2n) is 14.4. The summed E-state index contributed by atoms with van der Waals surface area (Å²) in [5, 5.41) is 18.7. The number of hydrogen-bond donors (Lipinski definition) is 1. The molecule has 288 valence electrons. The number of hydrogen-bond acceptors (Lipinski definition) is 9. The molecule has 0 amide bonds. The minimum atomic E-state index is -0.511. The van der Waals surface area contributed by atoms with Crippen molar-refractivity contribution in [3.05, 3.63) is 120 Å². The lowest BCUT2D eigenvalue weighted by atomic mass is 10.0. The molecule has 2 aliphatic rings. The predicted molar refractivity (Wildman–Crippen MR) is 223 cm³/mol. The van der Waals surface area contributed by atoms with Crippen LogP contribution in [0.15, 0.2) is 114 Å². The van der Waals surface area contributed by atoms with Crippen molar-refractivity contribution in [2.24, 2.45) is 0 Å². The molecule has 2 saturated heterocycles. The molecule has 0 unspecified atom stereocenters. The first-order chi connectivity index (χ1) is 27.5. The second-order valence-corrected chi connectivity index (χ2v) is 15.3. The third-order valence-corrected chi connectivity index (χ3v) is 11.0. The Morgan fingerprint density at radius 1 is 0.625 bits per heavy atom. The highest BCUT2D eigenvalue weighted by molar-refractivity contribution is 9.10. The molecule has 0 radical (unpaired) electrons. The quantitative estimate of drug-likeness (QED) is 0.131. The minimum absolute atomic E-state index is 0.511. The lowest BCUT2D eigenvalue weighted by Gasteiger charge is -2.15. The van der Waals surface area contributed by atoms with Crippen LogP contribution in [-0.2, 0) is 0 Å². The molecule has 0 aliphatic carbocycles. The standard InChI is InChI=1S/C26H28N4O2.C18H19BrN4O/c1-19(31)21-5-4-6-22(15-21)25-17-28-30-18-23(16-27-26(25)30)20-7-9-24(10-8-20)32-14-13-29-11-2-3-12-29;19-17-12-21-23-13-15(11-20-18(17)23)14-3-5-16(6-4-14)24-10-9-22-7-1-2-8-22/h4-10,15-19,31H,2-3,11-14H2,1H3;3-6,11-13H,1-2,7-10H2/t19-;/m0./s1. The zero-order valence-corrected chi connectivity index (χ0v) is 33.3. The van der Waals surface area contributed by atoms with Gasteiger partial charge in [0, 0.05) is 54.6 Å². The molecule has 0 saturated carbocycles. The van der Waals surface area contributed by atoms with Crippen LogP contribution in [0.1, 0.15) is 44.3 Å². The number of fused-ring (bicyclic) bond motifs is 2. The summed E-state index contributed by atoms with van der Waals surface area (Å²) in [5.74, 6) is 1.80. The van der Waals surface area contributed by atoms with Crippen LogP contribution in [0.3, 0.4) is 0 Å². The summed E-state index contributed by atoms with van der Waals surface area (Å²) in [6, 6.07) is 24.2. The van der Waals surface area contributed by atoms with E-state index >= 15 is 0 Å². The van der Waals surface area contributed by atoms with Crippen LogP contribution in [0.25, 0.3) is 44.7 Å². The number of aliphatic hydroxyl groups excluding tert-OH is 1. The molecule has 12 heteroatoms. The first-order valence-corrected chi connectivity index (χ1v) is 20.3. The van der Waals surface area contributed by atoms with Gasteiger partial charge in [0.1, 0.15) is 24.7 Å². The van der Waals surface area contributed by atoms with E-state index in [4.69, 9.17) is 9.47 Å². The van der Waals surface area contributed by atoms with Crippen molar-refractivity contribution >= 4 is 27.2 Å². The molecule has 56 heavy (non-hydrogen) atoms. The molecule has 1 atom stereocenters. The smallest absolute Gasteiger partial charge is 0.169 e. The summed E-state index contributed by atoms with van der Waals surface area (Å²) in [7, 11) is 0. The van der Waals surface area contributed by atoms with Crippen LogP contribution >= 0.6 is 15.9 Å². The topological polar surface area (TPSA) is 106 Å².